The van der Waals surface area contributed by atoms with Crippen LogP contribution in [0.4, 0.5) is 16.2 Å². The quantitative estimate of drug-likeness (QED) is 0.723. The van der Waals surface area contributed by atoms with Gasteiger partial charge in [0.05, 0.1) is 12.8 Å². The van der Waals surface area contributed by atoms with E-state index in [1.807, 2.05) is 0 Å². The van der Waals surface area contributed by atoms with Gasteiger partial charge in [-0.15, -0.1) is 0 Å². The summed E-state index contributed by atoms with van der Waals surface area (Å²) in [4.78, 5) is 24.0. The summed E-state index contributed by atoms with van der Waals surface area (Å²) in [5.74, 6) is 0.766. The summed E-state index contributed by atoms with van der Waals surface area (Å²) < 4.78 is 5.15. The van der Waals surface area contributed by atoms with Gasteiger partial charge in [0.25, 0.3) is 0 Å². The van der Waals surface area contributed by atoms with Crippen molar-refractivity contribution in [1.29, 1.82) is 0 Å². The first-order chi connectivity index (χ1) is 12.2. The van der Waals surface area contributed by atoms with Crippen LogP contribution >= 0.6 is 0 Å². The average molecular weight is 339 g/mol. The van der Waals surface area contributed by atoms with Crippen molar-refractivity contribution >= 4 is 23.3 Å². The van der Waals surface area contributed by atoms with E-state index in [-0.39, 0.29) is 17.9 Å². The van der Waals surface area contributed by atoms with Crippen LogP contribution in [0.3, 0.4) is 0 Å². The smallest absolute Gasteiger partial charge is 0.319 e. The van der Waals surface area contributed by atoms with Gasteiger partial charge in [-0.25, -0.2) is 4.79 Å². The fourth-order valence-electron chi connectivity index (χ4n) is 2.67. The van der Waals surface area contributed by atoms with Crippen LogP contribution in [0.15, 0.2) is 59.2 Å². The Hall–Kier alpha value is -3.02. The Balaban J connectivity index is 1.47. The number of furan rings is 1. The Labute approximate surface area is 146 Å². The molecule has 1 heterocycles. The van der Waals surface area contributed by atoms with Crippen LogP contribution < -0.4 is 16.0 Å². The largest absolute Gasteiger partial charge is 0.467 e. The molecule has 0 saturated heterocycles. The molecule has 1 aromatic carbocycles. The first-order valence-corrected chi connectivity index (χ1v) is 8.34. The zero-order valence-corrected chi connectivity index (χ0v) is 13.8. The van der Waals surface area contributed by atoms with Gasteiger partial charge in [-0.05, 0) is 55.7 Å². The summed E-state index contributed by atoms with van der Waals surface area (Å²) in [7, 11) is 0. The van der Waals surface area contributed by atoms with E-state index in [2.05, 4.69) is 28.1 Å². The summed E-state index contributed by atoms with van der Waals surface area (Å²) in [6.45, 7) is 0.322. The summed E-state index contributed by atoms with van der Waals surface area (Å²) in [6, 6.07) is 10.3. The van der Waals surface area contributed by atoms with E-state index in [1.165, 1.54) is 0 Å². The number of carbonyl (C=O) groups is 2. The van der Waals surface area contributed by atoms with E-state index in [9.17, 15) is 9.59 Å². The molecule has 1 aliphatic rings. The summed E-state index contributed by atoms with van der Waals surface area (Å²) >= 11 is 0. The van der Waals surface area contributed by atoms with Crippen LogP contribution in [-0.2, 0) is 11.3 Å². The van der Waals surface area contributed by atoms with E-state index in [1.54, 1.807) is 42.7 Å². The fraction of sp³-hybridized carbons (Fsp3) is 0.263. The predicted molar refractivity (Wildman–Crippen MR) is 96.1 cm³/mol. The molecule has 1 unspecified atom stereocenters. The lowest BCUT2D eigenvalue weighted by molar-refractivity contribution is -0.120. The molecule has 1 aromatic heterocycles. The molecule has 0 bridgehead atoms. The van der Waals surface area contributed by atoms with E-state index in [0.29, 0.717) is 18.0 Å². The predicted octanol–water partition coefficient (Wildman–Crippen LogP) is 3.90. The van der Waals surface area contributed by atoms with Crippen LogP contribution in [0.5, 0.6) is 0 Å². The van der Waals surface area contributed by atoms with Gasteiger partial charge in [-0.1, -0.05) is 12.2 Å². The lowest BCUT2D eigenvalue weighted by atomic mass is 9.93. The minimum Gasteiger partial charge on any atom is -0.467 e. The van der Waals surface area contributed by atoms with Crippen molar-refractivity contribution in [2.75, 3.05) is 10.6 Å². The molecule has 1 atom stereocenters. The molecule has 25 heavy (non-hydrogen) atoms. The van der Waals surface area contributed by atoms with Crippen LogP contribution in [0, 0.1) is 5.92 Å². The Bertz CT molecular complexity index is 736. The Kier molecular flexibility index (Phi) is 5.51. The topological polar surface area (TPSA) is 83.4 Å². The third-order valence-electron chi connectivity index (χ3n) is 4.05. The van der Waals surface area contributed by atoms with Crippen molar-refractivity contribution in [2.45, 2.75) is 25.8 Å². The number of nitrogens with one attached hydrogen (secondary N) is 3. The van der Waals surface area contributed by atoms with Crippen molar-refractivity contribution in [3.8, 4) is 0 Å². The van der Waals surface area contributed by atoms with Gasteiger partial charge < -0.3 is 20.4 Å². The molecule has 0 fully saturated rings. The van der Waals surface area contributed by atoms with Crippen LogP contribution in [0.1, 0.15) is 25.0 Å². The maximum atomic E-state index is 12.2. The van der Waals surface area contributed by atoms with Crippen molar-refractivity contribution in [2.24, 2.45) is 5.92 Å². The van der Waals surface area contributed by atoms with Gasteiger partial charge in [0.1, 0.15) is 5.76 Å². The molecule has 0 aliphatic heterocycles. The standard InChI is InChI=1S/C19H21N3O3/c23-18(14-5-2-1-3-6-14)21-15-8-10-16(11-9-15)22-19(24)20-13-17-7-4-12-25-17/h1-2,4,7-12,14H,3,5-6,13H2,(H,21,23)(H2,20,22,24). The normalized spacial score (nSPS) is 16.2. The second kappa shape index (κ2) is 8.19. The molecule has 3 N–H and O–H groups in total. The summed E-state index contributed by atoms with van der Waals surface area (Å²) in [5.41, 5.74) is 1.37. The van der Waals surface area contributed by atoms with E-state index in [0.717, 1.165) is 24.9 Å². The number of rotatable bonds is 5. The molecular formula is C19H21N3O3. The monoisotopic (exact) mass is 339 g/mol. The third kappa shape index (κ3) is 4.97. The molecule has 130 valence electrons. The Morgan fingerprint density at radius 1 is 1.04 bits per heavy atom. The maximum Gasteiger partial charge on any atom is 0.319 e. The van der Waals surface area contributed by atoms with Gasteiger partial charge in [0.2, 0.25) is 5.91 Å². The fourth-order valence-corrected chi connectivity index (χ4v) is 2.67. The molecule has 1 aliphatic carbocycles. The third-order valence-corrected chi connectivity index (χ3v) is 4.05. The summed E-state index contributed by atoms with van der Waals surface area (Å²) in [6.07, 6.45) is 8.36. The molecule has 3 amide bonds. The van der Waals surface area contributed by atoms with Gasteiger partial charge in [-0.2, -0.15) is 0 Å². The van der Waals surface area contributed by atoms with Gasteiger partial charge in [0, 0.05) is 17.3 Å². The minimum absolute atomic E-state index is 0.0372. The van der Waals surface area contributed by atoms with Gasteiger partial charge in [-0.3, -0.25) is 4.79 Å². The average Bonchev–Trinajstić information content (AvgIpc) is 3.16. The second-order valence-electron chi connectivity index (χ2n) is 5.94. The molecule has 6 heteroatoms. The number of benzene rings is 1. The highest BCUT2D eigenvalue weighted by molar-refractivity contribution is 5.93. The number of amides is 3. The lowest BCUT2D eigenvalue weighted by Gasteiger charge is -2.17. The number of hydrogen-bond acceptors (Lipinski definition) is 3. The first kappa shape index (κ1) is 16.8. The van der Waals surface area contributed by atoms with Crippen molar-refractivity contribution in [1.82, 2.24) is 5.32 Å². The zero-order chi connectivity index (χ0) is 17.5. The highest BCUT2D eigenvalue weighted by Gasteiger charge is 2.18. The SMILES string of the molecule is O=C(NCc1ccco1)Nc1ccc(NC(=O)C2CC=CCC2)cc1. The zero-order valence-electron chi connectivity index (χ0n) is 13.8. The first-order valence-electron chi connectivity index (χ1n) is 8.34. The highest BCUT2D eigenvalue weighted by atomic mass is 16.3. The molecular weight excluding hydrogens is 318 g/mol. The number of anilines is 2. The molecule has 0 spiro atoms. The second-order valence-corrected chi connectivity index (χ2v) is 5.94. The van der Waals surface area contributed by atoms with Crippen LogP contribution in [0.2, 0.25) is 0 Å². The van der Waals surface area contributed by atoms with Gasteiger partial charge >= 0.3 is 6.03 Å². The highest BCUT2D eigenvalue weighted by Crippen LogP contribution is 2.21. The Morgan fingerprint density at radius 2 is 1.80 bits per heavy atom. The van der Waals surface area contributed by atoms with Crippen LogP contribution in [-0.4, -0.2) is 11.9 Å². The molecule has 6 nitrogen and oxygen atoms in total. The van der Waals surface area contributed by atoms with Crippen molar-refractivity contribution in [3.05, 3.63) is 60.6 Å². The molecule has 2 aromatic rings. The molecule has 0 saturated carbocycles. The van der Waals surface area contributed by atoms with E-state index >= 15 is 0 Å². The number of carbonyl (C=O) groups excluding carboxylic acids is 2. The molecule has 0 radical (unpaired) electrons. The van der Waals surface area contributed by atoms with Gasteiger partial charge in [0.15, 0.2) is 0 Å². The number of urea groups is 1. The number of allylic oxidation sites excluding steroid dienone is 2. The van der Waals surface area contributed by atoms with E-state index in [4.69, 9.17) is 4.42 Å². The van der Waals surface area contributed by atoms with Crippen LogP contribution in [0.25, 0.3) is 0 Å². The van der Waals surface area contributed by atoms with Crippen molar-refractivity contribution < 1.29 is 14.0 Å². The lowest BCUT2D eigenvalue weighted by Crippen LogP contribution is -2.28. The van der Waals surface area contributed by atoms with Crippen molar-refractivity contribution in [3.63, 3.8) is 0 Å². The Morgan fingerprint density at radius 3 is 2.44 bits per heavy atom. The molecule has 3 rings (SSSR count). The number of hydrogen-bond donors (Lipinski definition) is 3. The minimum atomic E-state index is -0.317. The summed E-state index contributed by atoms with van der Waals surface area (Å²) in [5, 5.41) is 8.36. The van der Waals surface area contributed by atoms with E-state index < -0.39 is 0 Å². The maximum absolute atomic E-state index is 12.2.